The van der Waals surface area contributed by atoms with Crippen molar-refractivity contribution in [2.75, 3.05) is 11.9 Å². The van der Waals surface area contributed by atoms with Gasteiger partial charge in [0.1, 0.15) is 4.90 Å². The van der Waals surface area contributed by atoms with Crippen molar-refractivity contribution in [3.63, 3.8) is 0 Å². The van der Waals surface area contributed by atoms with E-state index in [9.17, 15) is 8.42 Å². The zero-order valence-electron chi connectivity index (χ0n) is 12.1. The summed E-state index contributed by atoms with van der Waals surface area (Å²) < 4.78 is 28.0. The summed E-state index contributed by atoms with van der Waals surface area (Å²) in [4.78, 5) is 4.18. The van der Waals surface area contributed by atoms with E-state index in [0.29, 0.717) is 18.2 Å². The van der Waals surface area contributed by atoms with Crippen molar-refractivity contribution in [1.82, 2.24) is 9.71 Å². The minimum atomic E-state index is -3.52. The molecule has 0 bridgehead atoms. The second kappa shape index (κ2) is 6.54. The number of sulfonamides is 1. The predicted octanol–water partition coefficient (Wildman–Crippen LogP) is 2.37. The average molecular weight is 297 g/mol. The fourth-order valence-corrected chi connectivity index (χ4v) is 4.19. The lowest BCUT2D eigenvalue weighted by atomic mass is 9.87. The molecule has 2 rings (SSSR count). The fourth-order valence-electron chi connectivity index (χ4n) is 2.68. The summed E-state index contributed by atoms with van der Waals surface area (Å²) in [5, 5.41) is 3.07. The molecule has 0 saturated heterocycles. The standard InChI is InChI=1S/C14H23N3O2S/c1-3-16-13-8-9-15-10-14(13)20(18,19)17-12-7-5-4-6-11(12)2/h8-12,17H,3-7H2,1-2H3,(H,15,16). The van der Waals surface area contributed by atoms with E-state index in [1.807, 2.05) is 6.92 Å². The van der Waals surface area contributed by atoms with Crippen LogP contribution in [0.1, 0.15) is 39.5 Å². The highest BCUT2D eigenvalue weighted by molar-refractivity contribution is 7.89. The van der Waals surface area contributed by atoms with Gasteiger partial charge in [0.15, 0.2) is 0 Å². The van der Waals surface area contributed by atoms with Gasteiger partial charge in [-0.05, 0) is 31.7 Å². The minimum Gasteiger partial charge on any atom is -0.384 e. The fraction of sp³-hybridized carbons (Fsp3) is 0.643. The van der Waals surface area contributed by atoms with Gasteiger partial charge in [-0.3, -0.25) is 4.98 Å². The van der Waals surface area contributed by atoms with Gasteiger partial charge in [-0.1, -0.05) is 19.8 Å². The molecule has 6 heteroatoms. The largest absolute Gasteiger partial charge is 0.384 e. The van der Waals surface area contributed by atoms with E-state index in [4.69, 9.17) is 0 Å². The van der Waals surface area contributed by atoms with Crippen molar-refractivity contribution in [1.29, 1.82) is 0 Å². The van der Waals surface area contributed by atoms with Gasteiger partial charge < -0.3 is 5.32 Å². The first-order valence-electron chi connectivity index (χ1n) is 7.25. The normalized spacial score (nSPS) is 23.5. The number of aromatic nitrogens is 1. The molecule has 0 spiro atoms. The first-order chi connectivity index (χ1) is 9.54. The molecule has 1 aromatic heterocycles. The zero-order valence-corrected chi connectivity index (χ0v) is 12.9. The Kier molecular flexibility index (Phi) is 4.99. The SMILES string of the molecule is CCNc1ccncc1S(=O)(=O)NC1CCCCC1C. The van der Waals surface area contributed by atoms with Crippen LogP contribution in [-0.2, 0) is 10.0 Å². The van der Waals surface area contributed by atoms with Crippen molar-refractivity contribution in [3.05, 3.63) is 18.5 Å². The first kappa shape index (κ1) is 15.3. The van der Waals surface area contributed by atoms with E-state index < -0.39 is 10.0 Å². The third kappa shape index (κ3) is 3.49. The maximum absolute atomic E-state index is 12.6. The molecule has 1 aromatic rings. The average Bonchev–Trinajstić information content (AvgIpc) is 2.42. The molecule has 2 atom stereocenters. The lowest BCUT2D eigenvalue weighted by molar-refractivity contribution is 0.310. The number of hydrogen-bond donors (Lipinski definition) is 2. The summed E-state index contributed by atoms with van der Waals surface area (Å²) in [5.41, 5.74) is 0.610. The number of rotatable bonds is 5. The molecule has 1 saturated carbocycles. The van der Waals surface area contributed by atoms with E-state index >= 15 is 0 Å². The summed E-state index contributed by atoms with van der Waals surface area (Å²) in [5.74, 6) is 0.387. The Morgan fingerprint density at radius 3 is 2.80 bits per heavy atom. The molecule has 2 unspecified atom stereocenters. The molecular weight excluding hydrogens is 274 g/mol. The highest BCUT2D eigenvalue weighted by Gasteiger charge is 2.28. The van der Waals surface area contributed by atoms with Crippen LogP contribution in [-0.4, -0.2) is 26.0 Å². The van der Waals surface area contributed by atoms with Crippen LogP contribution in [0.4, 0.5) is 5.69 Å². The van der Waals surface area contributed by atoms with Crippen molar-refractivity contribution >= 4 is 15.7 Å². The van der Waals surface area contributed by atoms with Gasteiger partial charge in [-0.2, -0.15) is 0 Å². The zero-order chi connectivity index (χ0) is 14.6. The Balaban J connectivity index is 2.21. The van der Waals surface area contributed by atoms with E-state index in [1.165, 1.54) is 12.6 Å². The topological polar surface area (TPSA) is 71.1 Å². The van der Waals surface area contributed by atoms with Crippen LogP contribution in [0, 0.1) is 5.92 Å². The monoisotopic (exact) mass is 297 g/mol. The maximum atomic E-state index is 12.6. The Morgan fingerprint density at radius 2 is 2.10 bits per heavy atom. The summed E-state index contributed by atoms with van der Waals surface area (Å²) in [6.45, 7) is 4.72. The Morgan fingerprint density at radius 1 is 1.35 bits per heavy atom. The van der Waals surface area contributed by atoms with Crippen LogP contribution in [0.2, 0.25) is 0 Å². The molecule has 1 heterocycles. The van der Waals surface area contributed by atoms with Gasteiger partial charge in [-0.15, -0.1) is 0 Å². The van der Waals surface area contributed by atoms with E-state index in [0.717, 1.165) is 19.3 Å². The van der Waals surface area contributed by atoms with E-state index in [-0.39, 0.29) is 10.9 Å². The van der Waals surface area contributed by atoms with Gasteiger partial charge in [0.25, 0.3) is 0 Å². The quantitative estimate of drug-likeness (QED) is 0.875. The molecule has 0 radical (unpaired) electrons. The predicted molar refractivity (Wildman–Crippen MR) is 80.1 cm³/mol. The first-order valence-corrected chi connectivity index (χ1v) is 8.73. The summed E-state index contributed by atoms with van der Waals surface area (Å²) in [7, 11) is -3.52. The smallest absolute Gasteiger partial charge is 0.244 e. The molecule has 1 aliphatic rings. The molecule has 0 amide bonds. The van der Waals surface area contributed by atoms with Crippen LogP contribution >= 0.6 is 0 Å². The van der Waals surface area contributed by atoms with Gasteiger partial charge >= 0.3 is 0 Å². The number of nitrogens with zero attached hydrogens (tertiary/aromatic N) is 1. The molecule has 0 aliphatic heterocycles. The lowest BCUT2D eigenvalue weighted by Crippen LogP contribution is -2.41. The molecule has 20 heavy (non-hydrogen) atoms. The van der Waals surface area contributed by atoms with Crippen molar-refractivity contribution in [2.24, 2.45) is 5.92 Å². The summed E-state index contributed by atoms with van der Waals surface area (Å²) in [6.07, 6.45) is 7.28. The third-order valence-electron chi connectivity index (χ3n) is 3.86. The van der Waals surface area contributed by atoms with E-state index in [1.54, 1.807) is 12.3 Å². The second-order valence-electron chi connectivity index (χ2n) is 5.39. The van der Waals surface area contributed by atoms with Crippen LogP contribution in [0.3, 0.4) is 0 Å². The summed E-state index contributed by atoms with van der Waals surface area (Å²) in [6, 6.07) is 1.73. The Hall–Kier alpha value is -1.14. The maximum Gasteiger partial charge on any atom is 0.244 e. The molecule has 2 N–H and O–H groups in total. The number of hydrogen-bond acceptors (Lipinski definition) is 4. The van der Waals surface area contributed by atoms with E-state index in [2.05, 4.69) is 21.9 Å². The van der Waals surface area contributed by atoms with Crippen LogP contribution in [0.25, 0.3) is 0 Å². The molecule has 0 aromatic carbocycles. The molecular formula is C14H23N3O2S. The van der Waals surface area contributed by atoms with Crippen LogP contribution < -0.4 is 10.0 Å². The Bertz CT molecular complexity index is 545. The number of anilines is 1. The number of pyridine rings is 1. The molecule has 1 fully saturated rings. The van der Waals surface area contributed by atoms with Crippen molar-refractivity contribution in [2.45, 2.75) is 50.5 Å². The van der Waals surface area contributed by atoms with Crippen molar-refractivity contribution in [3.8, 4) is 0 Å². The van der Waals surface area contributed by atoms with Crippen LogP contribution in [0.5, 0.6) is 0 Å². The van der Waals surface area contributed by atoms with Crippen LogP contribution in [0.15, 0.2) is 23.4 Å². The highest BCUT2D eigenvalue weighted by Crippen LogP contribution is 2.26. The summed E-state index contributed by atoms with van der Waals surface area (Å²) >= 11 is 0. The van der Waals surface area contributed by atoms with Crippen molar-refractivity contribution < 1.29 is 8.42 Å². The van der Waals surface area contributed by atoms with Gasteiger partial charge in [0, 0.05) is 25.0 Å². The molecule has 112 valence electrons. The third-order valence-corrected chi connectivity index (χ3v) is 5.38. The minimum absolute atomic E-state index is 0.0310. The van der Waals surface area contributed by atoms with Gasteiger partial charge in [0.05, 0.1) is 5.69 Å². The molecule has 5 nitrogen and oxygen atoms in total. The lowest BCUT2D eigenvalue weighted by Gasteiger charge is -2.29. The molecule has 1 aliphatic carbocycles. The highest BCUT2D eigenvalue weighted by atomic mass is 32.2. The second-order valence-corrected chi connectivity index (χ2v) is 7.07. The van der Waals surface area contributed by atoms with Gasteiger partial charge in [-0.25, -0.2) is 13.1 Å². The Labute approximate surface area is 121 Å². The van der Waals surface area contributed by atoms with Gasteiger partial charge in [0.2, 0.25) is 10.0 Å². The number of nitrogens with one attached hydrogen (secondary N) is 2.